The van der Waals surface area contributed by atoms with Crippen molar-refractivity contribution in [2.75, 3.05) is 6.54 Å². The van der Waals surface area contributed by atoms with Gasteiger partial charge in [0.05, 0.1) is 0 Å². The molecule has 0 spiro atoms. The lowest BCUT2D eigenvalue weighted by molar-refractivity contribution is 0.466. The standard InChI is InChI=1S/C17H20Cl2N2/c1-3-8-21-17(12(2)13-6-9-20-10-7-13)15-5-4-14(18)11-16(15)19/h4-7,9-12,17,21H,3,8H2,1-2H3. The molecule has 1 N–H and O–H groups in total. The molecule has 0 aliphatic heterocycles. The molecule has 0 aliphatic carbocycles. The number of halogens is 2. The van der Waals surface area contributed by atoms with Crippen molar-refractivity contribution in [3.8, 4) is 0 Å². The van der Waals surface area contributed by atoms with E-state index in [9.17, 15) is 0 Å². The van der Waals surface area contributed by atoms with Crippen LogP contribution in [0.5, 0.6) is 0 Å². The highest BCUT2D eigenvalue weighted by atomic mass is 35.5. The number of hydrogen-bond acceptors (Lipinski definition) is 2. The molecule has 2 unspecified atom stereocenters. The summed E-state index contributed by atoms with van der Waals surface area (Å²) in [6, 6.07) is 9.96. The average molecular weight is 323 g/mol. The van der Waals surface area contributed by atoms with E-state index in [2.05, 4.69) is 36.3 Å². The van der Waals surface area contributed by atoms with E-state index in [0.717, 1.165) is 18.5 Å². The summed E-state index contributed by atoms with van der Waals surface area (Å²) in [7, 11) is 0. The minimum Gasteiger partial charge on any atom is -0.309 e. The number of pyridine rings is 1. The van der Waals surface area contributed by atoms with E-state index in [4.69, 9.17) is 23.2 Å². The lowest BCUT2D eigenvalue weighted by atomic mass is 9.89. The minimum atomic E-state index is 0.150. The van der Waals surface area contributed by atoms with Gasteiger partial charge in [0.1, 0.15) is 0 Å². The fourth-order valence-electron chi connectivity index (χ4n) is 2.47. The number of hydrogen-bond donors (Lipinski definition) is 1. The number of rotatable bonds is 6. The van der Waals surface area contributed by atoms with Crippen LogP contribution in [0.1, 0.15) is 43.4 Å². The zero-order valence-corrected chi connectivity index (χ0v) is 13.8. The Morgan fingerprint density at radius 2 is 1.86 bits per heavy atom. The van der Waals surface area contributed by atoms with Crippen molar-refractivity contribution >= 4 is 23.2 Å². The fourth-order valence-corrected chi connectivity index (χ4v) is 3.00. The van der Waals surface area contributed by atoms with E-state index in [1.54, 1.807) is 6.07 Å². The van der Waals surface area contributed by atoms with Crippen LogP contribution in [-0.4, -0.2) is 11.5 Å². The molecule has 1 aromatic heterocycles. The zero-order valence-electron chi connectivity index (χ0n) is 12.3. The van der Waals surface area contributed by atoms with Crippen LogP contribution in [-0.2, 0) is 0 Å². The lowest BCUT2D eigenvalue weighted by Crippen LogP contribution is -2.27. The quantitative estimate of drug-likeness (QED) is 0.787. The summed E-state index contributed by atoms with van der Waals surface area (Å²) in [5.41, 5.74) is 2.32. The molecule has 2 nitrogen and oxygen atoms in total. The smallest absolute Gasteiger partial charge is 0.0468 e. The molecule has 0 radical (unpaired) electrons. The third kappa shape index (κ3) is 4.19. The summed E-state index contributed by atoms with van der Waals surface area (Å²) >= 11 is 12.4. The second-order valence-electron chi connectivity index (χ2n) is 5.17. The van der Waals surface area contributed by atoms with Gasteiger partial charge >= 0.3 is 0 Å². The van der Waals surface area contributed by atoms with Gasteiger partial charge in [0.2, 0.25) is 0 Å². The highest BCUT2D eigenvalue weighted by Gasteiger charge is 2.22. The monoisotopic (exact) mass is 322 g/mol. The first-order valence-corrected chi connectivity index (χ1v) is 7.97. The molecule has 1 aromatic carbocycles. The Labute approximate surface area is 136 Å². The first kappa shape index (κ1) is 16.3. The Kier molecular flexibility index (Phi) is 6.04. The van der Waals surface area contributed by atoms with E-state index in [0.29, 0.717) is 16.0 Å². The zero-order chi connectivity index (χ0) is 15.2. The molecule has 112 valence electrons. The summed E-state index contributed by atoms with van der Waals surface area (Å²) in [6.45, 7) is 5.30. The van der Waals surface area contributed by atoms with Crippen molar-refractivity contribution in [3.63, 3.8) is 0 Å². The largest absolute Gasteiger partial charge is 0.309 e. The molecule has 21 heavy (non-hydrogen) atoms. The van der Waals surface area contributed by atoms with E-state index in [1.807, 2.05) is 24.5 Å². The third-order valence-corrected chi connectivity index (χ3v) is 4.21. The fraction of sp³-hybridized carbons (Fsp3) is 0.353. The van der Waals surface area contributed by atoms with Crippen molar-refractivity contribution in [1.82, 2.24) is 10.3 Å². The maximum atomic E-state index is 6.40. The van der Waals surface area contributed by atoms with Crippen LogP contribution in [0, 0.1) is 0 Å². The molecule has 0 fully saturated rings. The predicted molar refractivity (Wildman–Crippen MR) is 90.1 cm³/mol. The van der Waals surface area contributed by atoms with Crippen molar-refractivity contribution in [3.05, 3.63) is 63.9 Å². The second-order valence-corrected chi connectivity index (χ2v) is 6.01. The minimum absolute atomic E-state index is 0.150. The molecule has 2 atom stereocenters. The Morgan fingerprint density at radius 1 is 1.14 bits per heavy atom. The Hall–Kier alpha value is -1.09. The predicted octanol–water partition coefficient (Wildman–Crippen LogP) is 5.23. The van der Waals surface area contributed by atoms with Crippen LogP contribution in [0.15, 0.2) is 42.7 Å². The van der Waals surface area contributed by atoms with Crippen LogP contribution in [0.4, 0.5) is 0 Å². The van der Waals surface area contributed by atoms with Crippen molar-refractivity contribution in [2.24, 2.45) is 0 Å². The molecule has 0 saturated heterocycles. The van der Waals surface area contributed by atoms with E-state index < -0.39 is 0 Å². The molecule has 2 aromatic rings. The van der Waals surface area contributed by atoms with E-state index in [-0.39, 0.29) is 6.04 Å². The van der Waals surface area contributed by atoms with Crippen LogP contribution in [0.3, 0.4) is 0 Å². The molecular weight excluding hydrogens is 303 g/mol. The molecular formula is C17H20Cl2N2. The van der Waals surface area contributed by atoms with Crippen LogP contribution >= 0.6 is 23.2 Å². The first-order chi connectivity index (χ1) is 10.1. The first-order valence-electron chi connectivity index (χ1n) is 7.21. The van der Waals surface area contributed by atoms with Gasteiger partial charge in [-0.1, -0.05) is 43.1 Å². The Bertz CT molecular complexity index is 572. The molecule has 0 aliphatic rings. The van der Waals surface area contributed by atoms with E-state index >= 15 is 0 Å². The van der Waals surface area contributed by atoms with Gasteiger partial charge in [-0.3, -0.25) is 4.98 Å². The van der Waals surface area contributed by atoms with Gasteiger partial charge in [-0.2, -0.15) is 0 Å². The Morgan fingerprint density at radius 3 is 2.48 bits per heavy atom. The average Bonchev–Trinajstić information content (AvgIpc) is 2.50. The number of benzene rings is 1. The van der Waals surface area contributed by atoms with Crippen molar-refractivity contribution in [2.45, 2.75) is 32.2 Å². The highest BCUT2D eigenvalue weighted by Crippen LogP contribution is 2.35. The van der Waals surface area contributed by atoms with Gasteiger partial charge in [0.25, 0.3) is 0 Å². The van der Waals surface area contributed by atoms with Crippen molar-refractivity contribution < 1.29 is 0 Å². The van der Waals surface area contributed by atoms with Gasteiger partial charge in [-0.05, 0) is 48.4 Å². The van der Waals surface area contributed by atoms with Gasteiger partial charge in [-0.25, -0.2) is 0 Å². The van der Waals surface area contributed by atoms with Gasteiger partial charge < -0.3 is 5.32 Å². The Balaban J connectivity index is 2.33. The van der Waals surface area contributed by atoms with Gasteiger partial charge in [0, 0.05) is 34.4 Å². The summed E-state index contributed by atoms with van der Waals surface area (Å²) in [5, 5.41) is 4.96. The van der Waals surface area contributed by atoms with E-state index in [1.165, 1.54) is 5.56 Å². The van der Waals surface area contributed by atoms with Gasteiger partial charge in [0.15, 0.2) is 0 Å². The molecule has 0 bridgehead atoms. The maximum Gasteiger partial charge on any atom is 0.0468 e. The highest BCUT2D eigenvalue weighted by molar-refractivity contribution is 6.35. The number of nitrogens with zero attached hydrogens (tertiary/aromatic N) is 1. The summed E-state index contributed by atoms with van der Waals surface area (Å²) in [4.78, 5) is 4.09. The normalized spacial score (nSPS) is 13.9. The van der Waals surface area contributed by atoms with Crippen LogP contribution in [0.2, 0.25) is 10.0 Å². The molecule has 0 saturated carbocycles. The molecule has 2 rings (SSSR count). The van der Waals surface area contributed by atoms with Gasteiger partial charge in [-0.15, -0.1) is 0 Å². The molecule has 1 heterocycles. The van der Waals surface area contributed by atoms with Crippen LogP contribution < -0.4 is 5.32 Å². The number of aromatic nitrogens is 1. The molecule has 4 heteroatoms. The summed E-state index contributed by atoms with van der Waals surface area (Å²) in [5.74, 6) is 0.290. The van der Waals surface area contributed by atoms with Crippen molar-refractivity contribution in [1.29, 1.82) is 0 Å². The topological polar surface area (TPSA) is 24.9 Å². The molecule has 0 amide bonds. The number of nitrogens with one attached hydrogen (secondary N) is 1. The lowest BCUT2D eigenvalue weighted by Gasteiger charge is -2.27. The second kappa shape index (κ2) is 7.79. The van der Waals surface area contributed by atoms with Crippen LogP contribution in [0.25, 0.3) is 0 Å². The maximum absolute atomic E-state index is 6.40. The summed E-state index contributed by atoms with van der Waals surface area (Å²) in [6.07, 6.45) is 4.73. The third-order valence-electron chi connectivity index (χ3n) is 3.64. The SMILES string of the molecule is CCCNC(c1ccc(Cl)cc1Cl)C(C)c1ccncc1. The summed E-state index contributed by atoms with van der Waals surface area (Å²) < 4.78 is 0.